The maximum Gasteiger partial charge on any atom is 0.227 e. The van der Waals surface area contributed by atoms with Crippen LogP contribution in [-0.2, 0) is 4.84 Å². The van der Waals surface area contributed by atoms with Crippen molar-refractivity contribution in [2.75, 3.05) is 12.4 Å². The lowest BCUT2D eigenvalue weighted by atomic mass is 10.1. The van der Waals surface area contributed by atoms with Crippen molar-refractivity contribution in [3.8, 4) is 11.3 Å². The third-order valence-electron chi connectivity index (χ3n) is 3.33. The van der Waals surface area contributed by atoms with Crippen molar-refractivity contribution in [2.24, 2.45) is 0 Å². The Morgan fingerprint density at radius 3 is 2.76 bits per heavy atom. The number of halogens is 1. The van der Waals surface area contributed by atoms with Crippen molar-refractivity contribution < 1.29 is 4.84 Å². The van der Waals surface area contributed by atoms with Gasteiger partial charge in [-0.1, -0.05) is 24.2 Å². The number of anilines is 2. The van der Waals surface area contributed by atoms with E-state index in [0.29, 0.717) is 22.4 Å². The van der Waals surface area contributed by atoms with Gasteiger partial charge in [0.05, 0.1) is 24.2 Å². The molecule has 0 spiro atoms. The average Bonchev–Trinajstić information content (AvgIpc) is 2.62. The minimum Gasteiger partial charge on any atom is -0.324 e. The Morgan fingerprint density at radius 1 is 1.12 bits per heavy atom. The first-order valence-corrected chi connectivity index (χ1v) is 7.84. The van der Waals surface area contributed by atoms with Crippen molar-refractivity contribution >= 4 is 28.9 Å². The number of nitrogens with one attached hydrogen (secondary N) is 2. The van der Waals surface area contributed by atoms with Gasteiger partial charge in [-0.25, -0.2) is 9.97 Å². The highest BCUT2D eigenvalue weighted by Crippen LogP contribution is 2.22. The summed E-state index contributed by atoms with van der Waals surface area (Å²) in [6.45, 7) is 3.87. The van der Waals surface area contributed by atoms with Crippen molar-refractivity contribution in [1.29, 1.82) is 0 Å². The van der Waals surface area contributed by atoms with Crippen LogP contribution in [0.3, 0.4) is 0 Å². The van der Waals surface area contributed by atoms with Crippen LogP contribution in [0.4, 0.5) is 11.6 Å². The van der Waals surface area contributed by atoms with Crippen molar-refractivity contribution in [1.82, 2.24) is 20.4 Å². The second kappa shape index (κ2) is 7.74. The quantitative estimate of drug-likeness (QED) is 0.651. The monoisotopic (exact) mass is 353 g/mol. The number of hydrogen-bond donors (Lipinski definition) is 2. The molecule has 7 heteroatoms. The van der Waals surface area contributed by atoms with Crippen LogP contribution in [0.25, 0.3) is 17.0 Å². The van der Waals surface area contributed by atoms with Gasteiger partial charge >= 0.3 is 0 Å². The van der Waals surface area contributed by atoms with E-state index in [1.807, 2.05) is 42.5 Å². The van der Waals surface area contributed by atoms with Crippen LogP contribution in [0, 0.1) is 0 Å². The zero-order chi connectivity index (χ0) is 17.6. The van der Waals surface area contributed by atoms with E-state index in [1.54, 1.807) is 12.4 Å². The van der Waals surface area contributed by atoms with Gasteiger partial charge in [-0.15, -0.1) is 0 Å². The van der Waals surface area contributed by atoms with Crippen LogP contribution in [0.5, 0.6) is 0 Å². The van der Waals surface area contributed by atoms with Gasteiger partial charge in [0.1, 0.15) is 0 Å². The molecule has 0 fully saturated rings. The molecule has 3 rings (SSSR count). The second-order valence-corrected chi connectivity index (χ2v) is 5.55. The fourth-order valence-electron chi connectivity index (χ4n) is 2.21. The summed E-state index contributed by atoms with van der Waals surface area (Å²) in [5.74, 6) is 0.479. The number of aromatic nitrogens is 3. The van der Waals surface area contributed by atoms with E-state index in [-0.39, 0.29) is 0 Å². The zero-order valence-corrected chi connectivity index (χ0v) is 14.3. The Morgan fingerprint density at radius 2 is 1.96 bits per heavy atom. The van der Waals surface area contributed by atoms with Gasteiger partial charge in [-0.05, 0) is 36.4 Å². The molecule has 3 aromatic rings. The molecule has 2 heterocycles. The van der Waals surface area contributed by atoms with Crippen molar-refractivity contribution in [3.63, 3.8) is 0 Å². The van der Waals surface area contributed by atoms with E-state index >= 15 is 0 Å². The van der Waals surface area contributed by atoms with Crippen LogP contribution in [0.1, 0.15) is 5.69 Å². The molecule has 0 bridgehead atoms. The van der Waals surface area contributed by atoms with E-state index < -0.39 is 0 Å². The lowest BCUT2D eigenvalue weighted by molar-refractivity contribution is 0.136. The summed E-state index contributed by atoms with van der Waals surface area (Å²) in [5.41, 5.74) is 6.37. The summed E-state index contributed by atoms with van der Waals surface area (Å²) in [4.78, 5) is 17.9. The van der Waals surface area contributed by atoms with Crippen molar-refractivity contribution in [2.45, 2.75) is 0 Å². The van der Waals surface area contributed by atoms with Gasteiger partial charge in [0.2, 0.25) is 5.95 Å². The first-order valence-electron chi connectivity index (χ1n) is 7.46. The Bertz CT molecular complexity index is 900. The topological polar surface area (TPSA) is 72.0 Å². The standard InChI is InChI=1S/C18H16ClN5O/c1-12(24-25-2)17-10-13(6-8-20-17)16-7-9-21-18(23-16)22-15-5-3-4-14(19)11-15/h3-11,24H,1H2,2H3,(H,21,22,23). The van der Waals surface area contributed by atoms with Crippen LogP contribution in [-0.4, -0.2) is 22.1 Å². The van der Waals surface area contributed by atoms with E-state index in [9.17, 15) is 0 Å². The predicted molar refractivity (Wildman–Crippen MR) is 99.2 cm³/mol. The largest absolute Gasteiger partial charge is 0.324 e. The van der Waals surface area contributed by atoms with Crippen LogP contribution in [0.15, 0.2) is 61.4 Å². The summed E-state index contributed by atoms with van der Waals surface area (Å²) in [6, 6.07) is 12.9. The third-order valence-corrected chi connectivity index (χ3v) is 3.56. The highest BCUT2D eigenvalue weighted by Gasteiger charge is 2.06. The van der Waals surface area contributed by atoms with E-state index in [1.165, 1.54) is 7.11 Å². The minimum absolute atomic E-state index is 0.479. The number of benzene rings is 1. The highest BCUT2D eigenvalue weighted by molar-refractivity contribution is 6.30. The number of nitrogens with zero attached hydrogens (tertiary/aromatic N) is 3. The molecule has 0 aliphatic heterocycles. The molecule has 1 aromatic carbocycles. The van der Waals surface area contributed by atoms with Gasteiger partial charge in [-0.3, -0.25) is 15.3 Å². The summed E-state index contributed by atoms with van der Waals surface area (Å²) < 4.78 is 0. The summed E-state index contributed by atoms with van der Waals surface area (Å²) in [7, 11) is 1.52. The van der Waals surface area contributed by atoms with Crippen LogP contribution in [0.2, 0.25) is 5.02 Å². The molecule has 25 heavy (non-hydrogen) atoms. The molecule has 0 unspecified atom stereocenters. The van der Waals surface area contributed by atoms with Crippen LogP contribution < -0.4 is 10.8 Å². The molecule has 0 atom stereocenters. The van der Waals surface area contributed by atoms with Crippen molar-refractivity contribution in [3.05, 3.63) is 72.2 Å². The third kappa shape index (κ3) is 4.32. The fraction of sp³-hybridized carbons (Fsp3) is 0.0556. The summed E-state index contributed by atoms with van der Waals surface area (Å²) in [6.07, 6.45) is 3.39. The smallest absolute Gasteiger partial charge is 0.227 e. The predicted octanol–water partition coefficient (Wildman–Crippen LogP) is 4.06. The number of pyridine rings is 1. The molecule has 2 N–H and O–H groups in total. The van der Waals surface area contributed by atoms with Gasteiger partial charge in [0.15, 0.2) is 0 Å². The number of rotatable bonds is 6. The molecule has 126 valence electrons. The molecule has 0 saturated heterocycles. The highest BCUT2D eigenvalue weighted by atomic mass is 35.5. The van der Waals surface area contributed by atoms with E-state index in [2.05, 4.69) is 32.3 Å². The molecule has 0 radical (unpaired) electrons. The van der Waals surface area contributed by atoms with Gasteiger partial charge < -0.3 is 5.32 Å². The molecule has 0 saturated carbocycles. The number of hydrogen-bond acceptors (Lipinski definition) is 6. The average molecular weight is 354 g/mol. The molecule has 0 aliphatic carbocycles. The molecule has 0 aliphatic rings. The second-order valence-electron chi connectivity index (χ2n) is 5.12. The Balaban J connectivity index is 1.86. The summed E-state index contributed by atoms with van der Waals surface area (Å²) in [5, 5.41) is 3.78. The van der Waals surface area contributed by atoms with Crippen LogP contribution >= 0.6 is 11.6 Å². The normalized spacial score (nSPS) is 10.3. The molecular formula is C18H16ClN5O. The minimum atomic E-state index is 0.479. The number of hydroxylamine groups is 1. The van der Waals surface area contributed by atoms with E-state index in [4.69, 9.17) is 16.4 Å². The fourth-order valence-corrected chi connectivity index (χ4v) is 2.40. The molecule has 6 nitrogen and oxygen atoms in total. The first kappa shape index (κ1) is 16.9. The zero-order valence-electron chi connectivity index (χ0n) is 13.5. The summed E-state index contributed by atoms with van der Waals surface area (Å²) >= 11 is 6.00. The lowest BCUT2D eigenvalue weighted by Crippen LogP contribution is -2.10. The maximum absolute atomic E-state index is 6.00. The SMILES string of the molecule is C=C(NOC)c1cc(-c2ccnc(Nc3cccc(Cl)c3)n2)ccn1. The molecule has 0 amide bonds. The van der Waals surface area contributed by atoms with E-state index in [0.717, 1.165) is 16.9 Å². The Labute approximate surface area is 150 Å². The Hall–Kier alpha value is -2.96. The Kier molecular flexibility index (Phi) is 5.23. The molecular weight excluding hydrogens is 338 g/mol. The van der Waals surface area contributed by atoms with Gasteiger partial charge in [0.25, 0.3) is 0 Å². The van der Waals surface area contributed by atoms with Gasteiger partial charge in [-0.2, -0.15) is 0 Å². The lowest BCUT2D eigenvalue weighted by Gasteiger charge is -2.09. The van der Waals surface area contributed by atoms with Gasteiger partial charge in [0, 0.05) is 28.7 Å². The first-order chi connectivity index (χ1) is 12.2. The molecule has 2 aromatic heterocycles. The maximum atomic E-state index is 6.00.